The lowest BCUT2D eigenvalue weighted by molar-refractivity contribution is 0.285. The Labute approximate surface area is 221 Å². The molecule has 5 heteroatoms. The number of rotatable bonds is 10. The average Bonchev–Trinajstić information content (AvgIpc) is 2.93. The van der Waals surface area contributed by atoms with Gasteiger partial charge < -0.3 is 4.74 Å². The molecule has 0 aliphatic carbocycles. The van der Waals surface area contributed by atoms with E-state index in [9.17, 15) is 17.6 Å². The molecule has 0 atom stereocenters. The summed E-state index contributed by atoms with van der Waals surface area (Å²) in [6, 6.07) is 20.0. The summed E-state index contributed by atoms with van der Waals surface area (Å²) in [6.07, 6.45) is 7.07. The summed E-state index contributed by atoms with van der Waals surface area (Å²) in [4.78, 5) is 0. The first-order chi connectivity index (χ1) is 18.4. The first-order valence-corrected chi connectivity index (χ1v) is 12.8. The number of aryl methyl sites for hydroxylation is 1. The molecule has 4 aromatic carbocycles. The predicted molar refractivity (Wildman–Crippen MR) is 147 cm³/mol. The minimum absolute atomic E-state index is 0.0926. The molecule has 0 aromatic heterocycles. The van der Waals surface area contributed by atoms with Gasteiger partial charge in [0, 0.05) is 16.7 Å². The lowest BCUT2D eigenvalue weighted by atomic mass is 10.0. The van der Waals surface area contributed by atoms with Crippen LogP contribution >= 0.6 is 0 Å². The molecule has 0 aliphatic heterocycles. The Morgan fingerprint density at radius 2 is 1.21 bits per heavy atom. The quantitative estimate of drug-likeness (QED) is 0.115. The second-order valence-electron chi connectivity index (χ2n) is 9.30. The lowest BCUT2D eigenvalue weighted by Gasteiger charge is -2.11. The minimum atomic E-state index is -1.01. The molecule has 0 saturated heterocycles. The van der Waals surface area contributed by atoms with Crippen LogP contribution in [0.3, 0.4) is 0 Å². The van der Waals surface area contributed by atoms with Crippen LogP contribution in [-0.4, -0.2) is 6.61 Å². The van der Waals surface area contributed by atoms with Crippen molar-refractivity contribution in [3.05, 3.63) is 113 Å². The van der Waals surface area contributed by atoms with Gasteiger partial charge in [-0.25, -0.2) is 13.2 Å². The molecule has 196 valence electrons. The van der Waals surface area contributed by atoms with Gasteiger partial charge in [0.25, 0.3) is 0 Å². The van der Waals surface area contributed by atoms with E-state index in [-0.39, 0.29) is 22.4 Å². The normalized spacial score (nSPS) is 11.3. The molecule has 0 aliphatic rings. The van der Waals surface area contributed by atoms with Crippen LogP contribution in [0.1, 0.15) is 49.3 Å². The lowest BCUT2D eigenvalue weighted by Crippen LogP contribution is -2.01. The number of hydrogen-bond donors (Lipinski definition) is 0. The molecule has 0 unspecified atom stereocenters. The molecular formula is C33H30F4O. The number of benzene rings is 4. The first kappa shape index (κ1) is 27.2. The summed E-state index contributed by atoms with van der Waals surface area (Å²) in [7, 11) is 0. The molecular weight excluding hydrogens is 488 g/mol. The summed E-state index contributed by atoms with van der Waals surface area (Å²) in [6.45, 7) is 4.37. The number of halogens is 4. The van der Waals surface area contributed by atoms with Crippen molar-refractivity contribution in [2.24, 2.45) is 0 Å². The van der Waals surface area contributed by atoms with Gasteiger partial charge in [-0.2, -0.15) is 4.39 Å². The summed E-state index contributed by atoms with van der Waals surface area (Å²) >= 11 is 0. The molecule has 38 heavy (non-hydrogen) atoms. The second kappa shape index (κ2) is 12.6. The maximum Gasteiger partial charge on any atom is 0.201 e. The maximum atomic E-state index is 14.8. The topological polar surface area (TPSA) is 9.23 Å². The second-order valence-corrected chi connectivity index (χ2v) is 9.30. The highest BCUT2D eigenvalue weighted by Crippen LogP contribution is 2.31. The standard InChI is InChI=1S/C33H30F4O/c1-3-4-5-6-21-38-29-20-19-28(32(36)33(29)37)25-14-9-23(10-15-25)11-16-26-17-18-27(31(35)30(26)34)24-12-7-22(2)8-13-24/h7-20H,3-6,21H2,1-2H3/b16-11+. The van der Waals surface area contributed by atoms with Crippen molar-refractivity contribution in [1.82, 2.24) is 0 Å². The highest BCUT2D eigenvalue weighted by atomic mass is 19.2. The van der Waals surface area contributed by atoms with Gasteiger partial charge in [-0.15, -0.1) is 0 Å². The van der Waals surface area contributed by atoms with Gasteiger partial charge in [0.2, 0.25) is 5.82 Å². The highest BCUT2D eigenvalue weighted by Gasteiger charge is 2.16. The van der Waals surface area contributed by atoms with Crippen LogP contribution in [0.2, 0.25) is 0 Å². The first-order valence-electron chi connectivity index (χ1n) is 12.8. The minimum Gasteiger partial charge on any atom is -0.490 e. The van der Waals surface area contributed by atoms with E-state index >= 15 is 0 Å². The van der Waals surface area contributed by atoms with Gasteiger partial charge >= 0.3 is 0 Å². The van der Waals surface area contributed by atoms with Gasteiger partial charge in [-0.3, -0.25) is 0 Å². The van der Waals surface area contributed by atoms with E-state index in [1.807, 2.05) is 19.1 Å². The molecule has 0 bridgehead atoms. The van der Waals surface area contributed by atoms with E-state index in [1.165, 1.54) is 24.3 Å². The summed E-state index contributed by atoms with van der Waals surface area (Å²) in [5.41, 5.74) is 3.26. The summed E-state index contributed by atoms with van der Waals surface area (Å²) in [5.74, 6) is -3.90. The third-order valence-corrected chi connectivity index (χ3v) is 6.45. The molecule has 1 nitrogen and oxygen atoms in total. The Kier molecular flexibility index (Phi) is 9.01. The molecule has 4 aromatic rings. The molecule has 4 rings (SSSR count). The van der Waals surface area contributed by atoms with Crippen molar-refractivity contribution in [2.45, 2.75) is 39.5 Å². The van der Waals surface area contributed by atoms with Crippen LogP contribution in [0, 0.1) is 30.2 Å². The monoisotopic (exact) mass is 518 g/mol. The SMILES string of the molecule is CCCCCCOc1ccc(-c2ccc(/C=C/c3ccc(-c4ccc(C)cc4)c(F)c3F)cc2)c(F)c1F. The zero-order valence-corrected chi connectivity index (χ0v) is 21.5. The molecule has 0 heterocycles. The Morgan fingerprint density at radius 1 is 0.605 bits per heavy atom. The van der Waals surface area contributed by atoms with Crippen molar-refractivity contribution >= 4 is 12.2 Å². The van der Waals surface area contributed by atoms with Crippen LogP contribution < -0.4 is 4.74 Å². The van der Waals surface area contributed by atoms with E-state index in [0.29, 0.717) is 23.3 Å². The van der Waals surface area contributed by atoms with Crippen molar-refractivity contribution in [3.63, 3.8) is 0 Å². The van der Waals surface area contributed by atoms with E-state index in [1.54, 1.807) is 48.5 Å². The Bertz CT molecular complexity index is 1410. The zero-order valence-electron chi connectivity index (χ0n) is 21.5. The van der Waals surface area contributed by atoms with E-state index in [0.717, 1.165) is 31.2 Å². The van der Waals surface area contributed by atoms with Gasteiger partial charge in [0.05, 0.1) is 6.61 Å². The van der Waals surface area contributed by atoms with E-state index in [4.69, 9.17) is 4.74 Å². The molecule has 0 radical (unpaired) electrons. The number of unbranched alkanes of at least 4 members (excludes halogenated alkanes) is 3. The van der Waals surface area contributed by atoms with Crippen LogP contribution in [0.25, 0.3) is 34.4 Å². The van der Waals surface area contributed by atoms with Gasteiger partial charge in [-0.05, 0) is 42.2 Å². The predicted octanol–water partition coefficient (Wildman–Crippen LogP) is 10.0. The Morgan fingerprint density at radius 3 is 1.87 bits per heavy atom. The molecule has 0 fully saturated rings. The Balaban J connectivity index is 1.46. The molecule has 0 N–H and O–H groups in total. The third kappa shape index (κ3) is 6.34. The fraction of sp³-hybridized carbons (Fsp3) is 0.212. The van der Waals surface area contributed by atoms with E-state index < -0.39 is 23.3 Å². The largest absolute Gasteiger partial charge is 0.490 e. The van der Waals surface area contributed by atoms with Gasteiger partial charge in [0.15, 0.2) is 23.2 Å². The third-order valence-electron chi connectivity index (χ3n) is 6.45. The highest BCUT2D eigenvalue weighted by molar-refractivity contribution is 5.74. The smallest absolute Gasteiger partial charge is 0.201 e. The molecule has 0 spiro atoms. The molecule has 0 saturated carbocycles. The summed E-state index contributed by atoms with van der Waals surface area (Å²) < 4.78 is 64.2. The Hall–Kier alpha value is -3.86. The van der Waals surface area contributed by atoms with Crippen molar-refractivity contribution in [3.8, 4) is 28.0 Å². The van der Waals surface area contributed by atoms with Crippen molar-refractivity contribution in [2.75, 3.05) is 6.61 Å². The van der Waals surface area contributed by atoms with Crippen LogP contribution in [0.5, 0.6) is 5.75 Å². The van der Waals surface area contributed by atoms with Gasteiger partial charge in [-0.1, -0.05) is 105 Å². The fourth-order valence-corrected chi connectivity index (χ4v) is 4.19. The van der Waals surface area contributed by atoms with E-state index in [2.05, 4.69) is 6.92 Å². The van der Waals surface area contributed by atoms with Crippen LogP contribution in [0.4, 0.5) is 17.6 Å². The van der Waals surface area contributed by atoms with Gasteiger partial charge in [0.1, 0.15) is 0 Å². The number of hydrogen-bond acceptors (Lipinski definition) is 1. The average molecular weight is 519 g/mol. The van der Waals surface area contributed by atoms with Crippen molar-refractivity contribution in [1.29, 1.82) is 0 Å². The molecule has 0 amide bonds. The fourth-order valence-electron chi connectivity index (χ4n) is 4.19. The van der Waals surface area contributed by atoms with Crippen LogP contribution in [0.15, 0.2) is 72.8 Å². The van der Waals surface area contributed by atoms with Crippen molar-refractivity contribution < 1.29 is 22.3 Å². The van der Waals surface area contributed by atoms with Crippen LogP contribution in [-0.2, 0) is 0 Å². The summed E-state index contributed by atoms with van der Waals surface area (Å²) in [5, 5.41) is 0. The zero-order chi connectivity index (χ0) is 27.1. The number of ether oxygens (including phenoxy) is 1. The maximum absolute atomic E-state index is 14.8.